The number of anilines is 1. The molecule has 0 spiro atoms. The number of carbonyl (C=O) groups excluding carboxylic acids is 1. The van der Waals surface area contributed by atoms with Gasteiger partial charge in [-0.1, -0.05) is 12.8 Å². The fourth-order valence-corrected chi connectivity index (χ4v) is 5.10. The molecule has 3 fully saturated rings. The molecule has 0 bridgehead atoms. The maximum atomic E-state index is 13.0. The number of halogens is 1. The molecule has 2 saturated carbocycles. The van der Waals surface area contributed by atoms with Crippen molar-refractivity contribution in [3.63, 3.8) is 0 Å². The Morgan fingerprint density at radius 1 is 0.889 bits per heavy atom. The Morgan fingerprint density at radius 3 is 2.15 bits per heavy atom. The molecule has 0 atom stereocenters. The zero-order valence-electron chi connectivity index (χ0n) is 16.2. The number of piperazine rings is 1. The highest BCUT2D eigenvalue weighted by Gasteiger charge is 2.32. The monoisotopic (exact) mass is 373 g/mol. The van der Waals surface area contributed by atoms with Crippen LogP contribution in [0.3, 0.4) is 0 Å². The summed E-state index contributed by atoms with van der Waals surface area (Å²) in [6.07, 6.45) is 9.38. The highest BCUT2D eigenvalue weighted by Crippen LogP contribution is 2.29. The first-order valence-corrected chi connectivity index (χ1v) is 10.7. The van der Waals surface area contributed by atoms with Gasteiger partial charge in [0.05, 0.1) is 0 Å². The molecule has 0 aromatic heterocycles. The van der Waals surface area contributed by atoms with E-state index < -0.39 is 0 Å². The van der Waals surface area contributed by atoms with Gasteiger partial charge in [0.2, 0.25) is 5.91 Å². The molecule has 27 heavy (non-hydrogen) atoms. The summed E-state index contributed by atoms with van der Waals surface area (Å²) in [7, 11) is 0. The van der Waals surface area contributed by atoms with Crippen LogP contribution in [0.2, 0.25) is 0 Å². The van der Waals surface area contributed by atoms with Gasteiger partial charge >= 0.3 is 0 Å². The summed E-state index contributed by atoms with van der Waals surface area (Å²) in [5.41, 5.74) is 0.967. The van der Waals surface area contributed by atoms with Gasteiger partial charge in [-0.15, -0.1) is 0 Å². The van der Waals surface area contributed by atoms with Crippen molar-refractivity contribution in [2.24, 2.45) is 5.92 Å². The fourth-order valence-electron chi connectivity index (χ4n) is 5.10. The number of benzene rings is 1. The van der Waals surface area contributed by atoms with E-state index in [9.17, 15) is 9.18 Å². The third kappa shape index (κ3) is 4.63. The molecule has 148 valence electrons. The number of amides is 1. The average molecular weight is 374 g/mol. The van der Waals surface area contributed by atoms with E-state index in [2.05, 4.69) is 15.1 Å². The second kappa shape index (κ2) is 8.59. The smallest absolute Gasteiger partial charge is 0.225 e. The molecule has 1 N–H and O–H groups in total. The van der Waals surface area contributed by atoms with Crippen molar-refractivity contribution in [3.05, 3.63) is 30.1 Å². The summed E-state index contributed by atoms with van der Waals surface area (Å²) in [6.45, 7) is 3.92. The normalized spacial score (nSPS) is 27.7. The Hall–Kier alpha value is -1.62. The van der Waals surface area contributed by atoms with E-state index in [1.165, 1.54) is 37.8 Å². The quantitative estimate of drug-likeness (QED) is 0.870. The summed E-state index contributed by atoms with van der Waals surface area (Å²) in [5.74, 6) is 0.360. The van der Waals surface area contributed by atoms with Crippen LogP contribution in [-0.2, 0) is 4.79 Å². The van der Waals surface area contributed by atoms with E-state index in [0.717, 1.165) is 63.6 Å². The van der Waals surface area contributed by atoms with Gasteiger partial charge in [-0.05, 0) is 62.8 Å². The minimum absolute atomic E-state index is 0.189. The van der Waals surface area contributed by atoms with Crippen molar-refractivity contribution in [2.75, 3.05) is 31.5 Å². The second-order valence-electron chi connectivity index (χ2n) is 8.50. The van der Waals surface area contributed by atoms with Crippen molar-refractivity contribution in [1.82, 2.24) is 9.80 Å². The molecule has 4 nitrogen and oxygen atoms in total. The lowest BCUT2D eigenvalue weighted by molar-refractivity contribution is -0.138. The Kier molecular flexibility index (Phi) is 5.96. The van der Waals surface area contributed by atoms with Crippen molar-refractivity contribution in [3.8, 4) is 0 Å². The molecule has 1 saturated heterocycles. The van der Waals surface area contributed by atoms with Gasteiger partial charge in [-0.25, -0.2) is 4.39 Å². The Morgan fingerprint density at radius 2 is 1.52 bits per heavy atom. The van der Waals surface area contributed by atoms with Crippen LogP contribution in [0.25, 0.3) is 0 Å². The van der Waals surface area contributed by atoms with E-state index in [0.29, 0.717) is 11.9 Å². The largest absolute Gasteiger partial charge is 0.382 e. The van der Waals surface area contributed by atoms with Crippen LogP contribution in [0.15, 0.2) is 24.3 Å². The van der Waals surface area contributed by atoms with Gasteiger partial charge in [0.25, 0.3) is 0 Å². The Labute approximate surface area is 162 Å². The third-order valence-electron chi connectivity index (χ3n) is 6.76. The van der Waals surface area contributed by atoms with E-state index in [1.807, 2.05) is 0 Å². The highest BCUT2D eigenvalue weighted by atomic mass is 19.1. The minimum atomic E-state index is -0.206. The van der Waals surface area contributed by atoms with E-state index in [4.69, 9.17) is 0 Å². The van der Waals surface area contributed by atoms with Gasteiger partial charge in [0.1, 0.15) is 5.82 Å². The number of hydrogen-bond acceptors (Lipinski definition) is 3. The molecule has 0 unspecified atom stereocenters. The predicted molar refractivity (Wildman–Crippen MR) is 106 cm³/mol. The highest BCUT2D eigenvalue weighted by molar-refractivity contribution is 5.79. The minimum Gasteiger partial charge on any atom is -0.382 e. The van der Waals surface area contributed by atoms with Crippen LogP contribution in [0, 0.1) is 11.7 Å². The molecule has 4 rings (SSSR count). The lowest BCUT2D eigenvalue weighted by Gasteiger charge is -2.40. The molecule has 3 aliphatic rings. The molecule has 1 heterocycles. The van der Waals surface area contributed by atoms with Gasteiger partial charge < -0.3 is 10.2 Å². The van der Waals surface area contributed by atoms with E-state index >= 15 is 0 Å². The molecule has 2 aliphatic carbocycles. The van der Waals surface area contributed by atoms with Crippen LogP contribution < -0.4 is 5.32 Å². The summed E-state index contributed by atoms with van der Waals surface area (Å²) < 4.78 is 13.0. The van der Waals surface area contributed by atoms with Crippen LogP contribution in [0.5, 0.6) is 0 Å². The van der Waals surface area contributed by atoms with Crippen LogP contribution in [-0.4, -0.2) is 54.0 Å². The molecule has 1 amide bonds. The number of nitrogens with zero attached hydrogens (tertiary/aromatic N) is 2. The Bertz CT molecular complexity index is 613. The molecule has 1 aromatic carbocycles. The van der Waals surface area contributed by atoms with Gasteiger partial charge in [-0.2, -0.15) is 0 Å². The van der Waals surface area contributed by atoms with Gasteiger partial charge in [0, 0.05) is 49.9 Å². The first kappa shape index (κ1) is 18.7. The van der Waals surface area contributed by atoms with Crippen molar-refractivity contribution >= 4 is 11.6 Å². The van der Waals surface area contributed by atoms with Crippen molar-refractivity contribution in [2.45, 2.75) is 63.5 Å². The lowest BCUT2D eigenvalue weighted by Crippen LogP contribution is -2.53. The molecule has 5 heteroatoms. The SMILES string of the molecule is O=C(C1CCC(Nc2ccc(F)cc2)CC1)N1CCN(C2CCCC2)CC1. The van der Waals surface area contributed by atoms with E-state index in [1.54, 1.807) is 12.1 Å². The topological polar surface area (TPSA) is 35.6 Å². The number of hydrogen-bond donors (Lipinski definition) is 1. The Balaban J connectivity index is 1.21. The van der Waals surface area contributed by atoms with Gasteiger partial charge in [0.15, 0.2) is 0 Å². The zero-order chi connectivity index (χ0) is 18.6. The third-order valence-corrected chi connectivity index (χ3v) is 6.76. The van der Waals surface area contributed by atoms with Crippen LogP contribution in [0.4, 0.5) is 10.1 Å². The first-order valence-electron chi connectivity index (χ1n) is 10.7. The van der Waals surface area contributed by atoms with Crippen LogP contribution >= 0.6 is 0 Å². The molecular formula is C22H32FN3O. The summed E-state index contributed by atoms with van der Waals surface area (Å²) in [6, 6.07) is 7.71. The van der Waals surface area contributed by atoms with E-state index in [-0.39, 0.29) is 11.7 Å². The summed E-state index contributed by atoms with van der Waals surface area (Å²) in [5, 5.41) is 3.49. The molecule has 0 radical (unpaired) electrons. The molecule has 1 aromatic rings. The summed E-state index contributed by atoms with van der Waals surface area (Å²) >= 11 is 0. The molecule has 1 aliphatic heterocycles. The summed E-state index contributed by atoms with van der Waals surface area (Å²) in [4.78, 5) is 17.7. The second-order valence-corrected chi connectivity index (χ2v) is 8.50. The number of rotatable bonds is 4. The number of nitrogens with one attached hydrogen (secondary N) is 1. The predicted octanol–water partition coefficient (Wildman–Crippen LogP) is 3.88. The van der Waals surface area contributed by atoms with Gasteiger partial charge in [-0.3, -0.25) is 9.69 Å². The fraction of sp³-hybridized carbons (Fsp3) is 0.682. The molecular weight excluding hydrogens is 341 g/mol. The zero-order valence-corrected chi connectivity index (χ0v) is 16.2. The average Bonchev–Trinajstić information content (AvgIpc) is 3.25. The maximum Gasteiger partial charge on any atom is 0.225 e. The maximum absolute atomic E-state index is 13.0. The number of carbonyl (C=O) groups is 1. The van der Waals surface area contributed by atoms with Crippen LogP contribution in [0.1, 0.15) is 51.4 Å². The standard InChI is InChI=1S/C22H32FN3O/c23-18-7-11-20(12-8-18)24-19-9-5-17(6-10-19)22(27)26-15-13-25(14-16-26)21-3-1-2-4-21/h7-8,11-12,17,19,21,24H,1-6,9-10,13-16H2. The first-order chi connectivity index (χ1) is 13.2. The van der Waals surface area contributed by atoms with Crippen molar-refractivity contribution in [1.29, 1.82) is 0 Å². The lowest BCUT2D eigenvalue weighted by atomic mass is 9.85. The van der Waals surface area contributed by atoms with Crippen molar-refractivity contribution < 1.29 is 9.18 Å².